The molecule has 0 aliphatic carbocycles. The summed E-state index contributed by atoms with van der Waals surface area (Å²) in [6, 6.07) is 0. The van der Waals surface area contributed by atoms with Crippen LogP contribution < -0.4 is 0 Å². The zero-order valence-corrected chi connectivity index (χ0v) is 12.7. The van der Waals surface area contributed by atoms with Crippen molar-refractivity contribution in [3.63, 3.8) is 0 Å². The maximum absolute atomic E-state index is 11.1. The van der Waals surface area contributed by atoms with Gasteiger partial charge in [-0.2, -0.15) is 0 Å². The molecular formula is C10H18CaO7. The number of hydrogen-bond donors (Lipinski definition) is 2. The van der Waals surface area contributed by atoms with Crippen molar-refractivity contribution >= 4 is 55.6 Å². The number of carboxylic acid groups (broad SMARTS) is 1. The molecule has 0 aromatic rings. The molecule has 18 heavy (non-hydrogen) atoms. The van der Waals surface area contributed by atoms with Crippen molar-refractivity contribution < 1.29 is 36.9 Å². The summed E-state index contributed by atoms with van der Waals surface area (Å²) in [6.07, 6.45) is -1.59. The standard InChI is InChI=1S/C10H16O7.Ca.2H/c1-3-16-7(11)5-10(15,9(13)14)6-8(12)17-4-2;;;/h15H,3-6H2,1-2H3,(H,13,14);;;/q;+2;2*-1. The zero-order chi connectivity index (χ0) is 13.5. The summed E-state index contributed by atoms with van der Waals surface area (Å²) in [5.74, 6) is -3.44. The van der Waals surface area contributed by atoms with Gasteiger partial charge in [-0.15, -0.1) is 0 Å². The molecule has 2 N–H and O–H groups in total. The number of ether oxygens (including phenoxy) is 2. The van der Waals surface area contributed by atoms with Gasteiger partial charge in [-0.3, -0.25) is 9.59 Å². The van der Waals surface area contributed by atoms with E-state index in [0.717, 1.165) is 0 Å². The fraction of sp³-hybridized carbons (Fsp3) is 0.700. The summed E-state index contributed by atoms with van der Waals surface area (Å²) < 4.78 is 9.03. The maximum atomic E-state index is 11.1. The van der Waals surface area contributed by atoms with Crippen molar-refractivity contribution in [2.24, 2.45) is 0 Å². The molecule has 7 nitrogen and oxygen atoms in total. The van der Waals surface area contributed by atoms with Gasteiger partial charge in [0.2, 0.25) is 0 Å². The quantitative estimate of drug-likeness (QED) is 0.482. The van der Waals surface area contributed by atoms with Gasteiger partial charge in [-0.25, -0.2) is 4.79 Å². The Hall–Kier alpha value is -0.370. The Balaban J connectivity index is -0.000000427. The molecule has 0 aliphatic heterocycles. The van der Waals surface area contributed by atoms with Crippen LogP contribution in [0, 0.1) is 0 Å². The topological polar surface area (TPSA) is 110 Å². The molecule has 0 spiro atoms. The van der Waals surface area contributed by atoms with Gasteiger partial charge in [0.15, 0.2) is 5.60 Å². The monoisotopic (exact) mass is 290 g/mol. The van der Waals surface area contributed by atoms with E-state index in [9.17, 15) is 19.5 Å². The molecule has 0 heterocycles. The van der Waals surface area contributed by atoms with Crippen LogP contribution in [0.5, 0.6) is 0 Å². The number of carboxylic acids is 1. The van der Waals surface area contributed by atoms with Gasteiger partial charge < -0.3 is 22.5 Å². The van der Waals surface area contributed by atoms with Crippen LogP contribution >= 0.6 is 0 Å². The Morgan fingerprint density at radius 1 is 1.06 bits per heavy atom. The molecule has 0 rings (SSSR count). The number of carbonyl (C=O) groups is 3. The molecule has 0 radical (unpaired) electrons. The van der Waals surface area contributed by atoms with Crippen molar-refractivity contribution in [3.8, 4) is 0 Å². The van der Waals surface area contributed by atoms with E-state index in [1.54, 1.807) is 13.8 Å². The van der Waals surface area contributed by atoms with Crippen LogP contribution in [-0.4, -0.2) is 84.7 Å². The third-order valence-corrected chi connectivity index (χ3v) is 1.88. The van der Waals surface area contributed by atoms with Gasteiger partial charge in [0.05, 0.1) is 26.1 Å². The van der Waals surface area contributed by atoms with Crippen LogP contribution in [-0.2, 0) is 23.9 Å². The predicted molar refractivity (Wildman–Crippen MR) is 63.1 cm³/mol. The summed E-state index contributed by atoms with van der Waals surface area (Å²) in [5.41, 5.74) is -2.49. The van der Waals surface area contributed by atoms with Crippen LogP contribution in [0.4, 0.5) is 0 Å². The number of aliphatic hydroxyl groups is 1. The first-order valence-electron chi connectivity index (χ1n) is 5.12. The second-order valence-corrected chi connectivity index (χ2v) is 3.30. The van der Waals surface area contributed by atoms with Gasteiger partial charge in [0.1, 0.15) is 0 Å². The Labute approximate surface area is 137 Å². The molecule has 0 saturated heterocycles. The van der Waals surface area contributed by atoms with E-state index in [2.05, 4.69) is 9.47 Å². The summed E-state index contributed by atoms with van der Waals surface area (Å²) in [6.45, 7) is 3.22. The number of carbonyl (C=O) groups excluding carboxylic acids is 2. The average Bonchev–Trinajstić information content (AvgIpc) is 2.17. The Bertz CT molecular complexity index is 292. The number of esters is 2. The third kappa shape index (κ3) is 7.15. The Kier molecular flexibility index (Phi) is 10.6. The van der Waals surface area contributed by atoms with E-state index in [1.807, 2.05) is 0 Å². The van der Waals surface area contributed by atoms with Crippen LogP contribution in [0.15, 0.2) is 0 Å². The van der Waals surface area contributed by atoms with Gasteiger partial charge in [0, 0.05) is 0 Å². The summed E-state index contributed by atoms with van der Waals surface area (Å²) in [4.78, 5) is 33.0. The van der Waals surface area contributed by atoms with Gasteiger partial charge >= 0.3 is 55.6 Å². The van der Waals surface area contributed by atoms with E-state index in [-0.39, 0.29) is 53.8 Å². The first-order chi connectivity index (χ1) is 7.85. The first-order valence-corrected chi connectivity index (χ1v) is 5.12. The predicted octanol–water partition coefficient (Wildman–Crippen LogP) is -0.447. The number of aliphatic carboxylic acids is 1. The molecule has 0 aromatic carbocycles. The van der Waals surface area contributed by atoms with Crippen molar-refractivity contribution in [2.45, 2.75) is 32.3 Å². The normalized spacial score (nSPS) is 10.2. The van der Waals surface area contributed by atoms with Crippen molar-refractivity contribution in [3.05, 3.63) is 0 Å². The maximum Gasteiger partial charge on any atom is 2.00 e. The molecule has 0 aliphatic rings. The fourth-order valence-corrected chi connectivity index (χ4v) is 1.12. The molecule has 0 unspecified atom stereocenters. The van der Waals surface area contributed by atoms with E-state index < -0.39 is 36.4 Å². The van der Waals surface area contributed by atoms with Crippen molar-refractivity contribution in [1.29, 1.82) is 0 Å². The molecule has 0 atom stereocenters. The van der Waals surface area contributed by atoms with Crippen LogP contribution in [0.2, 0.25) is 0 Å². The third-order valence-electron chi connectivity index (χ3n) is 1.88. The minimum absolute atomic E-state index is 0. The van der Waals surface area contributed by atoms with Crippen LogP contribution in [0.1, 0.15) is 29.5 Å². The molecule has 0 amide bonds. The van der Waals surface area contributed by atoms with E-state index in [0.29, 0.717) is 0 Å². The Morgan fingerprint density at radius 2 is 1.39 bits per heavy atom. The fourth-order valence-electron chi connectivity index (χ4n) is 1.12. The van der Waals surface area contributed by atoms with E-state index in [1.165, 1.54) is 0 Å². The summed E-state index contributed by atoms with van der Waals surface area (Å²) in [7, 11) is 0. The minimum atomic E-state index is -2.49. The second-order valence-electron chi connectivity index (χ2n) is 3.30. The summed E-state index contributed by atoms with van der Waals surface area (Å²) >= 11 is 0. The first kappa shape index (κ1) is 20.0. The molecule has 0 fully saturated rings. The van der Waals surface area contributed by atoms with Crippen LogP contribution in [0.25, 0.3) is 0 Å². The van der Waals surface area contributed by atoms with Gasteiger partial charge in [-0.1, -0.05) is 0 Å². The molecule has 0 bridgehead atoms. The molecule has 102 valence electrons. The molecule has 0 aromatic heterocycles. The molecule has 8 heteroatoms. The number of rotatable bonds is 7. The smallest absolute Gasteiger partial charge is 1.00 e. The van der Waals surface area contributed by atoms with Crippen molar-refractivity contribution in [1.82, 2.24) is 0 Å². The van der Waals surface area contributed by atoms with Gasteiger partial charge in [0.25, 0.3) is 0 Å². The second kappa shape index (κ2) is 9.55. The SMILES string of the molecule is CCOC(=O)CC(O)(CC(=O)OCC)C(=O)O.[Ca+2].[H-].[H-]. The molecule has 0 saturated carbocycles. The molecular weight excluding hydrogens is 272 g/mol. The minimum Gasteiger partial charge on any atom is -1.00 e. The van der Waals surface area contributed by atoms with E-state index in [4.69, 9.17) is 5.11 Å². The van der Waals surface area contributed by atoms with Gasteiger partial charge in [-0.05, 0) is 13.8 Å². The van der Waals surface area contributed by atoms with Crippen molar-refractivity contribution in [2.75, 3.05) is 13.2 Å². The largest absolute Gasteiger partial charge is 2.00 e. The average molecular weight is 290 g/mol. The Morgan fingerprint density at radius 3 is 1.61 bits per heavy atom. The van der Waals surface area contributed by atoms with E-state index >= 15 is 0 Å². The summed E-state index contributed by atoms with van der Waals surface area (Å²) in [5, 5.41) is 18.5. The number of hydrogen-bond acceptors (Lipinski definition) is 6. The van der Waals surface area contributed by atoms with Crippen LogP contribution in [0.3, 0.4) is 0 Å². The zero-order valence-electron chi connectivity index (χ0n) is 12.5.